The largest absolute Gasteiger partial charge is 0.507 e. The van der Waals surface area contributed by atoms with Crippen LogP contribution in [0.4, 0.5) is 11.4 Å². The minimum Gasteiger partial charge on any atom is -0.507 e. The molecule has 3 aromatic carbocycles. The van der Waals surface area contributed by atoms with Crippen LogP contribution in [0.15, 0.2) is 72.3 Å². The molecule has 1 heterocycles. The number of aryl methyl sites for hydroxylation is 1. The minimum absolute atomic E-state index is 0.0381. The van der Waals surface area contributed by atoms with Gasteiger partial charge in [0.05, 0.1) is 26.6 Å². The first-order valence-electron chi connectivity index (χ1n) is 9.76. The Bertz CT molecular complexity index is 1330. The van der Waals surface area contributed by atoms with E-state index < -0.39 is 28.4 Å². The number of nitrogens with zero attached hydrogens (tertiary/aromatic N) is 2. The number of anilines is 1. The molecule has 0 radical (unpaired) electrons. The summed E-state index contributed by atoms with van der Waals surface area (Å²) in [4.78, 5) is 38.1. The van der Waals surface area contributed by atoms with E-state index in [2.05, 4.69) is 0 Å². The maximum absolute atomic E-state index is 13.1. The first kappa shape index (κ1) is 22.5. The van der Waals surface area contributed by atoms with Gasteiger partial charge in [0.25, 0.3) is 17.4 Å². The fourth-order valence-electron chi connectivity index (χ4n) is 3.72. The van der Waals surface area contributed by atoms with Gasteiger partial charge in [0.1, 0.15) is 5.76 Å². The second-order valence-electron chi connectivity index (χ2n) is 7.49. The molecular formula is C24H16Cl2N2O5. The standard InChI is InChI=1S/C24H16Cl2N2O5/c1-13-5-8-16(9-6-13)27-21(14-7-10-18(25)19(26)12-14)20(23(30)24(27)31)22(29)15-3-2-4-17(11-15)28(32)33/h2-12,21,29H,1H3/b22-20-. The average Bonchev–Trinajstić information content (AvgIpc) is 3.06. The van der Waals surface area contributed by atoms with Gasteiger partial charge in [0, 0.05) is 23.4 Å². The Kier molecular flexibility index (Phi) is 5.93. The lowest BCUT2D eigenvalue weighted by atomic mass is 9.95. The lowest BCUT2D eigenvalue weighted by Gasteiger charge is -2.25. The molecule has 1 fully saturated rings. The first-order valence-corrected chi connectivity index (χ1v) is 10.5. The fraction of sp³-hybridized carbons (Fsp3) is 0.0833. The molecule has 1 unspecified atom stereocenters. The van der Waals surface area contributed by atoms with Crippen LogP contribution in [0.2, 0.25) is 10.0 Å². The van der Waals surface area contributed by atoms with E-state index in [0.29, 0.717) is 11.3 Å². The van der Waals surface area contributed by atoms with Crippen molar-refractivity contribution in [2.45, 2.75) is 13.0 Å². The summed E-state index contributed by atoms with van der Waals surface area (Å²) in [7, 11) is 0. The van der Waals surface area contributed by atoms with Crippen LogP contribution in [0.25, 0.3) is 5.76 Å². The molecule has 0 saturated carbocycles. The highest BCUT2D eigenvalue weighted by molar-refractivity contribution is 6.51. The number of hydrogen-bond acceptors (Lipinski definition) is 5. The number of benzene rings is 3. The Labute approximate surface area is 198 Å². The molecule has 0 aliphatic carbocycles. The molecule has 1 aliphatic heterocycles. The molecule has 9 heteroatoms. The number of aliphatic hydroxyl groups excluding tert-OH is 1. The van der Waals surface area contributed by atoms with Crippen molar-refractivity contribution in [1.29, 1.82) is 0 Å². The maximum atomic E-state index is 13.1. The van der Waals surface area contributed by atoms with Crippen molar-refractivity contribution in [2.75, 3.05) is 4.90 Å². The van der Waals surface area contributed by atoms with Gasteiger partial charge in [-0.15, -0.1) is 0 Å². The minimum atomic E-state index is -1.03. The second-order valence-corrected chi connectivity index (χ2v) is 8.30. The van der Waals surface area contributed by atoms with E-state index in [0.717, 1.165) is 11.6 Å². The van der Waals surface area contributed by atoms with Gasteiger partial charge < -0.3 is 5.11 Å². The number of aliphatic hydroxyl groups is 1. The summed E-state index contributed by atoms with van der Waals surface area (Å²) in [5.41, 5.74) is 1.40. The van der Waals surface area contributed by atoms with Crippen molar-refractivity contribution in [3.8, 4) is 0 Å². The van der Waals surface area contributed by atoms with Crippen LogP contribution in [0.1, 0.15) is 22.7 Å². The number of carbonyl (C=O) groups is 2. The maximum Gasteiger partial charge on any atom is 0.300 e. The van der Waals surface area contributed by atoms with Gasteiger partial charge in [-0.2, -0.15) is 0 Å². The Hall–Kier alpha value is -3.68. The monoisotopic (exact) mass is 482 g/mol. The molecule has 7 nitrogen and oxygen atoms in total. The third-order valence-electron chi connectivity index (χ3n) is 5.35. The molecule has 1 atom stereocenters. The summed E-state index contributed by atoms with van der Waals surface area (Å²) in [6, 6.07) is 15.8. The number of carbonyl (C=O) groups excluding carboxylic acids is 2. The van der Waals surface area contributed by atoms with Crippen LogP contribution < -0.4 is 4.90 Å². The van der Waals surface area contributed by atoms with E-state index in [4.69, 9.17) is 23.2 Å². The van der Waals surface area contributed by atoms with Gasteiger partial charge >= 0.3 is 0 Å². The Morgan fingerprint density at radius 1 is 1.00 bits per heavy atom. The van der Waals surface area contributed by atoms with Crippen LogP contribution in [-0.4, -0.2) is 21.7 Å². The van der Waals surface area contributed by atoms with Crippen LogP contribution in [0, 0.1) is 17.0 Å². The summed E-state index contributed by atoms with van der Waals surface area (Å²) < 4.78 is 0. The van der Waals surface area contributed by atoms with Gasteiger partial charge in [-0.3, -0.25) is 24.6 Å². The van der Waals surface area contributed by atoms with Crippen molar-refractivity contribution in [1.82, 2.24) is 0 Å². The van der Waals surface area contributed by atoms with Crippen LogP contribution in [-0.2, 0) is 9.59 Å². The average molecular weight is 483 g/mol. The van der Waals surface area contributed by atoms with E-state index in [1.165, 1.54) is 35.2 Å². The zero-order valence-corrected chi connectivity index (χ0v) is 18.7. The second kappa shape index (κ2) is 8.69. The molecule has 33 heavy (non-hydrogen) atoms. The molecule has 0 spiro atoms. The predicted molar refractivity (Wildman–Crippen MR) is 126 cm³/mol. The lowest BCUT2D eigenvalue weighted by Crippen LogP contribution is -2.29. The van der Waals surface area contributed by atoms with Crippen molar-refractivity contribution < 1.29 is 19.6 Å². The van der Waals surface area contributed by atoms with Gasteiger partial charge in [-0.1, -0.05) is 59.1 Å². The highest BCUT2D eigenvalue weighted by Crippen LogP contribution is 2.43. The van der Waals surface area contributed by atoms with E-state index in [1.54, 1.807) is 30.3 Å². The summed E-state index contributed by atoms with van der Waals surface area (Å²) in [6.07, 6.45) is 0. The summed E-state index contributed by atoms with van der Waals surface area (Å²) >= 11 is 12.3. The normalized spacial score (nSPS) is 17.4. The lowest BCUT2D eigenvalue weighted by molar-refractivity contribution is -0.384. The number of amides is 1. The number of hydrogen-bond donors (Lipinski definition) is 1. The number of nitro groups is 1. The van der Waals surface area contributed by atoms with Gasteiger partial charge in [-0.05, 0) is 36.8 Å². The molecule has 1 saturated heterocycles. The zero-order chi connectivity index (χ0) is 23.9. The van der Waals surface area contributed by atoms with E-state index >= 15 is 0 Å². The summed E-state index contributed by atoms with van der Waals surface area (Å²) in [5.74, 6) is -2.29. The third-order valence-corrected chi connectivity index (χ3v) is 6.09. The van der Waals surface area contributed by atoms with Crippen molar-refractivity contribution >= 4 is 52.0 Å². The van der Waals surface area contributed by atoms with Gasteiger partial charge in [0.15, 0.2) is 0 Å². The molecule has 1 aliphatic rings. The number of halogens is 2. The molecule has 1 N–H and O–H groups in total. The molecule has 0 aromatic heterocycles. The highest BCUT2D eigenvalue weighted by atomic mass is 35.5. The molecule has 0 bridgehead atoms. The SMILES string of the molecule is Cc1ccc(N2C(=O)C(=O)/C(=C(\O)c3cccc([N+](=O)[O-])c3)C2c2ccc(Cl)c(Cl)c2)cc1. The first-order chi connectivity index (χ1) is 15.7. The van der Waals surface area contributed by atoms with Gasteiger partial charge in [0.2, 0.25) is 0 Å². The van der Waals surface area contributed by atoms with E-state index in [1.807, 2.05) is 6.92 Å². The van der Waals surface area contributed by atoms with Crippen molar-refractivity contribution in [2.24, 2.45) is 0 Å². The van der Waals surface area contributed by atoms with Crippen molar-refractivity contribution in [3.63, 3.8) is 0 Å². The zero-order valence-electron chi connectivity index (χ0n) is 17.2. The Balaban J connectivity index is 1.96. The molecular weight excluding hydrogens is 467 g/mol. The quantitative estimate of drug-likeness (QED) is 0.165. The highest BCUT2D eigenvalue weighted by Gasteiger charge is 2.47. The molecule has 166 valence electrons. The summed E-state index contributed by atoms with van der Waals surface area (Å²) in [5, 5.41) is 22.8. The van der Waals surface area contributed by atoms with Crippen LogP contribution in [0.3, 0.4) is 0 Å². The van der Waals surface area contributed by atoms with E-state index in [9.17, 15) is 24.8 Å². The van der Waals surface area contributed by atoms with Crippen molar-refractivity contribution in [3.05, 3.63) is 109 Å². The number of rotatable bonds is 4. The fourth-order valence-corrected chi connectivity index (χ4v) is 4.03. The third kappa shape index (κ3) is 4.08. The van der Waals surface area contributed by atoms with Gasteiger partial charge in [-0.25, -0.2) is 0 Å². The molecule has 1 amide bonds. The number of ketones is 1. The molecule has 3 aromatic rings. The number of non-ortho nitro benzene ring substituents is 1. The Morgan fingerprint density at radius 3 is 2.33 bits per heavy atom. The number of Topliss-reactive ketones (excluding diaryl/α,β-unsaturated/α-hetero) is 1. The predicted octanol–water partition coefficient (Wildman–Crippen LogP) is 5.84. The smallest absolute Gasteiger partial charge is 0.300 e. The van der Waals surface area contributed by atoms with Crippen LogP contribution >= 0.6 is 23.2 Å². The topological polar surface area (TPSA) is 101 Å². The summed E-state index contributed by atoms with van der Waals surface area (Å²) in [6.45, 7) is 1.89. The molecule has 4 rings (SSSR count). The number of nitro benzene ring substituents is 1. The Morgan fingerprint density at radius 2 is 1.70 bits per heavy atom. The van der Waals surface area contributed by atoms with E-state index in [-0.39, 0.29) is 26.9 Å². The van der Waals surface area contributed by atoms with Crippen LogP contribution in [0.5, 0.6) is 0 Å².